The molecule has 0 aliphatic carbocycles. The average Bonchev–Trinajstić information content (AvgIpc) is 3.56. The molecule has 10 rings (SSSR count). The van der Waals surface area contributed by atoms with Crippen LogP contribution in [0.4, 0.5) is 0 Å². The van der Waals surface area contributed by atoms with Crippen LogP contribution in [0.15, 0.2) is 168 Å². The average molecular weight is 640 g/mol. The van der Waals surface area contributed by atoms with E-state index in [0.29, 0.717) is 23.9 Å². The molecule has 234 valence electrons. The summed E-state index contributed by atoms with van der Waals surface area (Å²) in [5.74, 6) is 2.02. The van der Waals surface area contributed by atoms with Crippen molar-refractivity contribution in [1.29, 1.82) is 0 Å². The van der Waals surface area contributed by atoms with Crippen LogP contribution >= 0.6 is 0 Å². The predicted octanol–water partition coefficient (Wildman–Crippen LogP) is 11.8. The molecule has 0 fully saturated rings. The van der Waals surface area contributed by atoms with E-state index >= 15 is 0 Å². The van der Waals surface area contributed by atoms with Crippen LogP contribution in [0.5, 0.6) is 0 Å². The van der Waals surface area contributed by atoms with Gasteiger partial charge in [-0.1, -0.05) is 133 Å². The number of hydrogen-bond donors (Lipinski definition) is 0. The van der Waals surface area contributed by atoms with Crippen LogP contribution in [0.1, 0.15) is 11.4 Å². The highest BCUT2D eigenvalue weighted by Gasteiger charge is 2.17. The van der Waals surface area contributed by atoms with Gasteiger partial charge in [0.05, 0.1) is 0 Å². The first-order valence-electron chi connectivity index (χ1n) is 16.9. The molecule has 0 atom stereocenters. The minimum Gasteiger partial charge on any atom is -0.456 e. The van der Waals surface area contributed by atoms with Gasteiger partial charge in [0, 0.05) is 28.3 Å². The minimum atomic E-state index is 0.522. The molecule has 0 saturated heterocycles. The molecule has 0 aliphatic rings. The van der Waals surface area contributed by atoms with Gasteiger partial charge >= 0.3 is 0 Å². The van der Waals surface area contributed by atoms with Crippen LogP contribution in [0.2, 0.25) is 0 Å². The van der Waals surface area contributed by atoms with E-state index in [1.807, 2.05) is 6.07 Å². The highest BCUT2D eigenvalue weighted by atomic mass is 16.3. The summed E-state index contributed by atoms with van der Waals surface area (Å²) in [4.78, 5) is 15.3. The summed E-state index contributed by atoms with van der Waals surface area (Å²) in [6, 6.07) is 57.4. The maximum absolute atomic E-state index is 6.42. The zero-order valence-electron chi connectivity index (χ0n) is 27.0. The fourth-order valence-electron chi connectivity index (χ4n) is 7.28. The molecule has 0 spiro atoms. The predicted molar refractivity (Wildman–Crippen MR) is 205 cm³/mol. The molecule has 10 aromatic rings. The molecule has 4 nitrogen and oxygen atoms in total. The van der Waals surface area contributed by atoms with E-state index in [9.17, 15) is 0 Å². The van der Waals surface area contributed by atoms with E-state index in [1.54, 1.807) is 0 Å². The summed E-state index contributed by atoms with van der Waals surface area (Å²) in [6.45, 7) is 0. The number of fused-ring (bicyclic) bond motifs is 6. The van der Waals surface area contributed by atoms with Crippen molar-refractivity contribution < 1.29 is 4.42 Å². The Labute approximate surface area is 288 Å². The van der Waals surface area contributed by atoms with Crippen molar-refractivity contribution in [2.45, 2.75) is 6.42 Å². The van der Waals surface area contributed by atoms with E-state index in [-0.39, 0.29) is 0 Å². The summed E-state index contributed by atoms with van der Waals surface area (Å²) in [5, 5.41) is 9.29. The van der Waals surface area contributed by atoms with Gasteiger partial charge in [-0.2, -0.15) is 0 Å². The van der Waals surface area contributed by atoms with E-state index in [2.05, 4.69) is 158 Å². The van der Waals surface area contributed by atoms with Gasteiger partial charge in [-0.05, 0) is 79.3 Å². The van der Waals surface area contributed by atoms with Crippen molar-refractivity contribution in [3.8, 4) is 33.9 Å². The standard InChI is InChI=1S/C46H29N3O/c1-3-12-32-25-36(21-19-29(32)9-1)45-47-43(48-46(49-45)37-22-20-30-10-2-4-13-33(30)26-37)28-35-15-8-18-42-44(35)40-27-34(23-24-41(40)50-42)39-17-7-14-31-11-5-6-16-38(31)39/h1-27H,28H2. The van der Waals surface area contributed by atoms with Gasteiger partial charge in [0.1, 0.15) is 17.0 Å². The van der Waals surface area contributed by atoms with Gasteiger partial charge in [0.25, 0.3) is 0 Å². The second-order valence-corrected chi connectivity index (χ2v) is 12.8. The van der Waals surface area contributed by atoms with Crippen molar-refractivity contribution in [2.24, 2.45) is 0 Å². The Morgan fingerprint density at radius 2 is 1.00 bits per heavy atom. The molecule has 8 aromatic carbocycles. The quantitative estimate of drug-likeness (QED) is 0.188. The monoisotopic (exact) mass is 639 g/mol. The Morgan fingerprint density at radius 1 is 0.400 bits per heavy atom. The number of hydrogen-bond acceptors (Lipinski definition) is 4. The summed E-state index contributed by atoms with van der Waals surface area (Å²) in [5.41, 5.74) is 7.10. The smallest absolute Gasteiger partial charge is 0.163 e. The van der Waals surface area contributed by atoms with Gasteiger partial charge in [0.2, 0.25) is 0 Å². The Kier molecular flexibility index (Phi) is 6.53. The van der Waals surface area contributed by atoms with Crippen molar-refractivity contribution in [2.75, 3.05) is 0 Å². The third-order valence-corrected chi connectivity index (χ3v) is 9.73. The minimum absolute atomic E-state index is 0.522. The molecule has 50 heavy (non-hydrogen) atoms. The number of furan rings is 1. The third kappa shape index (κ3) is 4.89. The van der Waals surface area contributed by atoms with Gasteiger partial charge in [-0.15, -0.1) is 0 Å². The fraction of sp³-hybridized carbons (Fsp3) is 0.0217. The molecular weight excluding hydrogens is 611 g/mol. The Hall–Kier alpha value is -6.65. The molecule has 2 aromatic heterocycles. The molecule has 0 N–H and O–H groups in total. The van der Waals surface area contributed by atoms with Gasteiger partial charge in [-0.3, -0.25) is 0 Å². The Bertz CT molecular complexity index is 2820. The topological polar surface area (TPSA) is 51.8 Å². The number of benzene rings is 8. The van der Waals surface area contributed by atoms with E-state index in [1.165, 1.54) is 27.1 Å². The fourth-order valence-corrected chi connectivity index (χ4v) is 7.28. The van der Waals surface area contributed by atoms with Crippen molar-refractivity contribution >= 4 is 54.3 Å². The first-order chi connectivity index (χ1) is 24.7. The first-order valence-corrected chi connectivity index (χ1v) is 16.9. The largest absolute Gasteiger partial charge is 0.456 e. The zero-order chi connectivity index (χ0) is 33.0. The van der Waals surface area contributed by atoms with E-state index in [0.717, 1.165) is 55.0 Å². The molecule has 0 aliphatic heterocycles. The van der Waals surface area contributed by atoms with Crippen molar-refractivity contribution in [1.82, 2.24) is 15.0 Å². The van der Waals surface area contributed by atoms with E-state index < -0.39 is 0 Å². The van der Waals surface area contributed by atoms with E-state index in [4.69, 9.17) is 19.4 Å². The molecule has 2 heterocycles. The molecule has 0 amide bonds. The summed E-state index contributed by atoms with van der Waals surface area (Å²) < 4.78 is 6.42. The lowest BCUT2D eigenvalue weighted by atomic mass is 9.96. The van der Waals surface area contributed by atoms with Gasteiger partial charge in [-0.25, -0.2) is 15.0 Å². The van der Waals surface area contributed by atoms with Gasteiger partial charge in [0.15, 0.2) is 11.6 Å². The van der Waals surface area contributed by atoms with Crippen LogP contribution in [-0.2, 0) is 6.42 Å². The third-order valence-electron chi connectivity index (χ3n) is 9.73. The van der Waals surface area contributed by atoms with Crippen LogP contribution in [0.3, 0.4) is 0 Å². The van der Waals surface area contributed by atoms with Crippen LogP contribution in [-0.4, -0.2) is 15.0 Å². The van der Waals surface area contributed by atoms with Crippen LogP contribution in [0, 0.1) is 0 Å². The number of rotatable bonds is 5. The van der Waals surface area contributed by atoms with Crippen molar-refractivity contribution in [3.63, 3.8) is 0 Å². The second kappa shape index (κ2) is 11.5. The maximum Gasteiger partial charge on any atom is 0.163 e. The number of nitrogens with zero attached hydrogens (tertiary/aromatic N) is 3. The molecule has 0 bridgehead atoms. The molecule has 4 heteroatoms. The SMILES string of the molecule is c1ccc2cc(-c3nc(Cc4cccc5oc6ccc(-c7cccc8ccccc78)cc6c45)nc(-c4ccc5ccccc5c4)n3)ccc2c1. The lowest BCUT2D eigenvalue weighted by Crippen LogP contribution is -2.04. The summed E-state index contributed by atoms with van der Waals surface area (Å²) >= 11 is 0. The molecule has 0 unspecified atom stereocenters. The van der Waals surface area contributed by atoms with Crippen molar-refractivity contribution in [3.05, 3.63) is 175 Å². The highest BCUT2D eigenvalue weighted by Crippen LogP contribution is 2.37. The second-order valence-electron chi connectivity index (χ2n) is 12.8. The highest BCUT2D eigenvalue weighted by molar-refractivity contribution is 6.09. The molecule has 0 radical (unpaired) electrons. The van der Waals surface area contributed by atoms with Crippen LogP contribution in [0.25, 0.3) is 88.2 Å². The van der Waals surface area contributed by atoms with Gasteiger partial charge < -0.3 is 4.42 Å². The summed E-state index contributed by atoms with van der Waals surface area (Å²) in [7, 11) is 0. The summed E-state index contributed by atoms with van der Waals surface area (Å²) in [6.07, 6.45) is 0.522. The lowest BCUT2D eigenvalue weighted by molar-refractivity contribution is 0.668. The zero-order valence-corrected chi connectivity index (χ0v) is 27.0. The first kappa shape index (κ1) is 28.4. The molecular formula is C46H29N3O. The van der Waals surface area contributed by atoms with Crippen LogP contribution < -0.4 is 0 Å². The number of aromatic nitrogens is 3. The lowest BCUT2D eigenvalue weighted by Gasteiger charge is -2.10. The molecule has 0 saturated carbocycles. The Balaban J connectivity index is 1.13. The normalized spacial score (nSPS) is 11.7. The maximum atomic E-state index is 6.42. The Morgan fingerprint density at radius 3 is 1.72 bits per heavy atom.